The van der Waals surface area contributed by atoms with Gasteiger partial charge in [0.2, 0.25) is 0 Å². The van der Waals surface area contributed by atoms with Gasteiger partial charge in [0.1, 0.15) is 5.75 Å². The predicted octanol–water partition coefficient (Wildman–Crippen LogP) is 2.57. The molecule has 2 aromatic carbocycles. The molecule has 6 nitrogen and oxygen atoms in total. The number of amides is 1. The van der Waals surface area contributed by atoms with Crippen LogP contribution in [0.2, 0.25) is 5.02 Å². The molecule has 0 saturated carbocycles. The molecule has 0 aliphatic rings. The molecular weight excluding hydrogens is 320 g/mol. The zero-order valence-electron chi connectivity index (χ0n) is 11.9. The maximum absolute atomic E-state index is 11.8. The molecule has 0 aliphatic heterocycles. The van der Waals surface area contributed by atoms with Gasteiger partial charge in [-0.25, -0.2) is 10.2 Å². The number of carbonyl (C=O) groups excluding carboxylic acids is 1. The molecule has 0 bridgehead atoms. The number of carboxylic acids is 1. The van der Waals surface area contributed by atoms with Crippen LogP contribution in [0.25, 0.3) is 0 Å². The molecule has 1 amide bonds. The van der Waals surface area contributed by atoms with Crippen LogP contribution in [0.3, 0.4) is 0 Å². The van der Waals surface area contributed by atoms with Crippen LogP contribution in [-0.4, -0.2) is 29.8 Å². The molecule has 2 rings (SSSR count). The van der Waals surface area contributed by atoms with E-state index in [1.54, 1.807) is 48.5 Å². The highest BCUT2D eigenvalue weighted by Crippen LogP contribution is 2.11. The molecule has 0 saturated heterocycles. The van der Waals surface area contributed by atoms with Crippen molar-refractivity contribution < 1.29 is 19.4 Å². The maximum Gasteiger partial charge on any atom is 0.341 e. The summed E-state index contributed by atoms with van der Waals surface area (Å²) < 4.78 is 5.01. The third-order valence-corrected chi connectivity index (χ3v) is 2.98. The Labute approximate surface area is 137 Å². The third-order valence-electron chi connectivity index (χ3n) is 2.73. The van der Waals surface area contributed by atoms with Gasteiger partial charge in [0, 0.05) is 10.6 Å². The van der Waals surface area contributed by atoms with Gasteiger partial charge in [-0.2, -0.15) is 5.10 Å². The van der Waals surface area contributed by atoms with Gasteiger partial charge >= 0.3 is 5.97 Å². The second kappa shape index (κ2) is 7.95. The molecule has 7 heteroatoms. The highest BCUT2D eigenvalue weighted by Gasteiger charge is 2.03. The van der Waals surface area contributed by atoms with E-state index in [-0.39, 0.29) is 5.91 Å². The minimum Gasteiger partial charge on any atom is -0.482 e. The zero-order valence-corrected chi connectivity index (χ0v) is 12.7. The fourth-order valence-electron chi connectivity index (χ4n) is 1.63. The minimum absolute atomic E-state index is 0.348. The van der Waals surface area contributed by atoms with Crippen LogP contribution in [0.15, 0.2) is 53.6 Å². The molecule has 0 heterocycles. The number of hydrogen-bond acceptors (Lipinski definition) is 4. The van der Waals surface area contributed by atoms with E-state index in [0.29, 0.717) is 16.3 Å². The number of ether oxygens (including phenoxy) is 1. The Morgan fingerprint density at radius 3 is 2.39 bits per heavy atom. The van der Waals surface area contributed by atoms with Crippen LogP contribution in [0, 0.1) is 0 Å². The maximum atomic E-state index is 11.8. The average Bonchev–Trinajstić information content (AvgIpc) is 2.54. The first kappa shape index (κ1) is 16.5. The zero-order chi connectivity index (χ0) is 16.7. The van der Waals surface area contributed by atoms with Crippen molar-refractivity contribution in [3.8, 4) is 5.75 Å². The standard InChI is InChI=1S/C16H13ClN2O4/c17-13-5-3-12(4-6-13)16(22)19-18-9-11-1-7-14(8-2-11)23-10-15(20)21/h1-9H,10H2,(H,19,22)(H,20,21)/b18-9-. The number of hydrogen-bond donors (Lipinski definition) is 2. The van der Waals surface area contributed by atoms with Gasteiger partial charge in [-0.05, 0) is 54.1 Å². The Hall–Kier alpha value is -2.86. The molecule has 23 heavy (non-hydrogen) atoms. The molecule has 0 unspecified atom stereocenters. The molecule has 2 aromatic rings. The van der Waals surface area contributed by atoms with Crippen LogP contribution >= 0.6 is 11.6 Å². The van der Waals surface area contributed by atoms with Gasteiger partial charge in [-0.1, -0.05) is 11.6 Å². The Balaban J connectivity index is 1.88. The second-order valence-electron chi connectivity index (χ2n) is 4.46. The lowest BCUT2D eigenvalue weighted by Gasteiger charge is -2.03. The molecule has 0 aromatic heterocycles. The lowest BCUT2D eigenvalue weighted by atomic mass is 10.2. The smallest absolute Gasteiger partial charge is 0.341 e. The highest BCUT2D eigenvalue weighted by molar-refractivity contribution is 6.30. The Kier molecular flexibility index (Phi) is 5.71. The SMILES string of the molecule is O=C(O)COc1ccc(/C=N\NC(=O)c2ccc(Cl)cc2)cc1. The summed E-state index contributed by atoms with van der Waals surface area (Å²) in [5, 5.41) is 12.9. The van der Waals surface area contributed by atoms with Gasteiger partial charge in [-0.3, -0.25) is 4.79 Å². The summed E-state index contributed by atoms with van der Waals surface area (Å²) in [4.78, 5) is 22.2. The van der Waals surface area contributed by atoms with E-state index in [9.17, 15) is 9.59 Å². The van der Waals surface area contributed by atoms with E-state index >= 15 is 0 Å². The van der Waals surface area contributed by atoms with Gasteiger partial charge in [0.05, 0.1) is 6.21 Å². The predicted molar refractivity (Wildman–Crippen MR) is 86.1 cm³/mol. The molecule has 0 fully saturated rings. The number of carbonyl (C=O) groups is 2. The van der Waals surface area contributed by atoms with Crippen LogP contribution in [0.1, 0.15) is 15.9 Å². The number of rotatable bonds is 6. The summed E-state index contributed by atoms with van der Waals surface area (Å²) in [7, 11) is 0. The van der Waals surface area contributed by atoms with Crippen molar-refractivity contribution in [2.75, 3.05) is 6.61 Å². The Bertz CT molecular complexity index is 712. The van der Waals surface area contributed by atoms with Crippen molar-refractivity contribution in [2.45, 2.75) is 0 Å². The molecule has 118 valence electrons. The molecule has 0 aliphatic carbocycles. The quantitative estimate of drug-likeness (QED) is 0.628. The largest absolute Gasteiger partial charge is 0.482 e. The number of nitrogens with zero attached hydrogens (tertiary/aromatic N) is 1. The lowest BCUT2D eigenvalue weighted by molar-refractivity contribution is -0.139. The summed E-state index contributed by atoms with van der Waals surface area (Å²) in [5.74, 6) is -0.949. The molecule has 0 atom stereocenters. The molecule has 0 radical (unpaired) electrons. The van der Waals surface area contributed by atoms with E-state index in [2.05, 4.69) is 10.5 Å². The van der Waals surface area contributed by atoms with Crippen molar-refractivity contribution in [1.82, 2.24) is 5.43 Å². The summed E-state index contributed by atoms with van der Waals surface area (Å²) in [6.07, 6.45) is 1.47. The number of carboxylic acid groups (broad SMARTS) is 1. The average molecular weight is 333 g/mol. The number of halogens is 1. The summed E-state index contributed by atoms with van der Waals surface area (Å²) in [6.45, 7) is -0.398. The lowest BCUT2D eigenvalue weighted by Crippen LogP contribution is -2.17. The number of hydrazone groups is 1. The number of benzene rings is 2. The van der Waals surface area contributed by atoms with Crippen LogP contribution in [-0.2, 0) is 4.79 Å². The fourth-order valence-corrected chi connectivity index (χ4v) is 1.75. The fraction of sp³-hybridized carbons (Fsp3) is 0.0625. The number of aliphatic carboxylic acids is 1. The topological polar surface area (TPSA) is 88.0 Å². The van der Waals surface area contributed by atoms with E-state index in [0.717, 1.165) is 5.56 Å². The van der Waals surface area contributed by atoms with Crippen molar-refractivity contribution >= 4 is 29.7 Å². The first-order chi connectivity index (χ1) is 11.0. The molecule has 2 N–H and O–H groups in total. The number of nitrogens with one attached hydrogen (secondary N) is 1. The third kappa shape index (κ3) is 5.44. The van der Waals surface area contributed by atoms with E-state index in [4.69, 9.17) is 21.4 Å². The highest BCUT2D eigenvalue weighted by atomic mass is 35.5. The Morgan fingerprint density at radius 1 is 1.13 bits per heavy atom. The second-order valence-corrected chi connectivity index (χ2v) is 4.89. The monoisotopic (exact) mass is 332 g/mol. The van der Waals surface area contributed by atoms with Gasteiger partial charge < -0.3 is 9.84 Å². The first-order valence-electron chi connectivity index (χ1n) is 6.58. The van der Waals surface area contributed by atoms with Crippen molar-refractivity contribution in [1.29, 1.82) is 0 Å². The van der Waals surface area contributed by atoms with Crippen LogP contribution < -0.4 is 10.2 Å². The van der Waals surface area contributed by atoms with Gasteiger partial charge in [0.25, 0.3) is 5.91 Å². The van der Waals surface area contributed by atoms with Crippen LogP contribution in [0.4, 0.5) is 0 Å². The molecular formula is C16H13ClN2O4. The summed E-state index contributed by atoms with van der Waals surface area (Å²) in [5.41, 5.74) is 3.57. The first-order valence-corrected chi connectivity index (χ1v) is 6.96. The van der Waals surface area contributed by atoms with Gasteiger partial charge in [0.15, 0.2) is 6.61 Å². The summed E-state index contributed by atoms with van der Waals surface area (Å²) in [6, 6.07) is 13.1. The van der Waals surface area contributed by atoms with Crippen molar-refractivity contribution in [3.63, 3.8) is 0 Å². The van der Waals surface area contributed by atoms with Crippen LogP contribution in [0.5, 0.6) is 5.75 Å². The van der Waals surface area contributed by atoms with E-state index in [1.807, 2.05) is 0 Å². The summed E-state index contributed by atoms with van der Waals surface area (Å²) >= 11 is 5.75. The van der Waals surface area contributed by atoms with Gasteiger partial charge in [-0.15, -0.1) is 0 Å². The van der Waals surface area contributed by atoms with E-state index in [1.165, 1.54) is 6.21 Å². The Morgan fingerprint density at radius 2 is 1.78 bits per heavy atom. The minimum atomic E-state index is -1.04. The van der Waals surface area contributed by atoms with Crippen molar-refractivity contribution in [3.05, 3.63) is 64.7 Å². The van der Waals surface area contributed by atoms with E-state index < -0.39 is 12.6 Å². The van der Waals surface area contributed by atoms with Crippen molar-refractivity contribution in [2.24, 2.45) is 5.10 Å². The molecule has 0 spiro atoms. The normalized spacial score (nSPS) is 10.5.